The molecule has 0 aromatic rings. The Balaban J connectivity index is 2.46. The van der Waals surface area contributed by atoms with E-state index in [0.29, 0.717) is 12.3 Å². The smallest absolute Gasteiger partial charge is 0.299 e. The molecule has 1 amide bonds. The number of aliphatic imine (C=N–C) groups is 1. The number of hydrogen-bond acceptors (Lipinski definition) is 3. The number of carbonyl (C=O) groups is 1. The lowest BCUT2D eigenvalue weighted by atomic mass is 10.6. The summed E-state index contributed by atoms with van der Waals surface area (Å²) in [4.78, 5) is 14.3. The van der Waals surface area contributed by atoms with E-state index in [-0.39, 0.29) is 5.17 Å². The first-order chi connectivity index (χ1) is 5.50. The Morgan fingerprint density at radius 3 is 2.83 bits per heavy atom. The van der Waals surface area contributed by atoms with Gasteiger partial charge in [-0.3, -0.25) is 15.1 Å². The molecule has 1 rings (SSSR count). The fourth-order valence-electron chi connectivity index (χ4n) is 0.579. The predicted molar refractivity (Wildman–Crippen MR) is 43.7 cm³/mol. The molecule has 0 aromatic carbocycles. The van der Waals surface area contributed by atoms with Crippen molar-refractivity contribution in [2.45, 2.75) is 5.38 Å². The topological polar surface area (TPSA) is 41.5 Å². The van der Waals surface area contributed by atoms with E-state index in [9.17, 15) is 13.6 Å². The van der Waals surface area contributed by atoms with Crippen LogP contribution in [0.5, 0.6) is 0 Å². The van der Waals surface area contributed by atoms with Gasteiger partial charge in [-0.15, -0.1) is 0 Å². The van der Waals surface area contributed by atoms with Gasteiger partial charge in [0.1, 0.15) is 0 Å². The lowest BCUT2D eigenvalue weighted by molar-refractivity contribution is -0.134. The summed E-state index contributed by atoms with van der Waals surface area (Å²) < 4.78 is 24.1. The lowest BCUT2D eigenvalue weighted by Crippen LogP contribution is -2.38. The molecular weight excluding hydrogens is 210 g/mol. The van der Waals surface area contributed by atoms with Crippen molar-refractivity contribution in [1.82, 2.24) is 5.32 Å². The first-order valence-corrected chi connectivity index (χ1v) is 4.42. The molecule has 0 fully saturated rings. The maximum atomic E-state index is 12.1. The molecule has 12 heavy (non-hydrogen) atoms. The normalized spacial score (nSPS) is 17.4. The second-order valence-corrected chi connectivity index (χ2v) is 3.55. The lowest BCUT2D eigenvalue weighted by Gasteiger charge is -2.07. The number of amidine groups is 1. The average Bonchev–Trinajstić information content (AvgIpc) is 2.37. The van der Waals surface area contributed by atoms with Crippen molar-refractivity contribution in [3.8, 4) is 0 Å². The van der Waals surface area contributed by atoms with Crippen LogP contribution in [0.1, 0.15) is 0 Å². The third kappa shape index (κ3) is 2.60. The minimum Gasteiger partial charge on any atom is -0.299 e. The summed E-state index contributed by atoms with van der Waals surface area (Å²) in [5, 5.41) is -1.74. The van der Waals surface area contributed by atoms with Gasteiger partial charge in [-0.25, -0.2) is 0 Å². The van der Waals surface area contributed by atoms with E-state index in [0.717, 1.165) is 0 Å². The van der Waals surface area contributed by atoms with Crippen molar-refractivity contribution in [3.05, 3.63) is 0 Å². The number of nitrogens with zero attached hydrogens (tertiary/aromatic N) is 1. The Morgan fingerprint density at radius 2 is 2.42 bits per heavy atom. The number of nitrogens with one attached hydrogen (secondary N) is 1. The van der Waals surface area contributed by atoms with Gasteiger partial charge in [-0.1, -0.05) is 11.8 Å². The summed E-state index contributed by atoms with van der Waals surface area (Å²) in [6, 6.07) is 0. The molecule has 7 heteroatoms. The van der Waals surface area contributed by atoms with E-state index in [1.165, 1.54) is 11.8 Å². The zero-order chi connectivity index (χ0) is 9.19. The first-order valence-electron chi connectivity index (χ1n) is 3.05. The van der Waals surface area contributed by atoms with Crippen LogP contribution in [0.25, 0.3) is 0 Å². The summed E-state index contributed by atoms with van der Waals surface area (Å²) in [7, 11) is 0. The van der Waals surface area contributed by atoms with Crippen molar-refractivity contribution in [2.24, 2.45) is 4.99 Å². The molecule has 0 bridgehead atoms. The largest absolute Gasteiger partial charge is 0.400 e. The van der Waals surface area contributed by atoms with Gasteiger partial charge in [0.05, 0.1) is 6.54 Å². The minimum atomic E-state index is -3.86. The third-order valence-electron chi connectivity index (χ3n) is 1.06. The molecule has 0 saturated carbocycles. The number of amides is 1. The number of alkyl halides is 3. The van der Waals surface area contributed by atoms with Gasteiger partial charge in [0.25, 0.3) is 0 Å². The molecule has 0 aliphatic carbocycles. The molecule has 3 nitrogen and oxygen atoms in total. The third-order valence-corrected chi connectivity index (χ3v) is 2.13. The Kier molecular flexibility index (Phi) is 2.89. The van der Waals surface area contributed by atoms with Gasteiger partial charge < -0.3 is 0 Å². The Hall–Kier alpha value is -0.360. The second kappa shape index (κ2) is 3.57. The van der Waals surface area contributed by atoms with Gasteiger partial charge in [0.2, 0.25) is 0 Å². The molecule has 1 aliphatic heterocycles. The van der Waals surface area contributed by atoms with Crippen LogP contribution in [0, 0.1) is 0 Å². The Bertz CT molecular complexity index is 228. The number of rotatable bonds is 1. The number of carbonyl (C=O) groups excluding carboxylic acids is 1. The Morgan fingerprint density at radius 1 is 1.75 bits per heavy atom. The van der Waals surface area contributed by atoms with Gasteiger partial charge in [0, 0.05) is 5.75 Å². The minimum absolute atomic E-state index is 0.209. The van der Waals surface area contributed by atoms with Crippen LogP contribution >= 0.6 is 23.4 Å². The Labute approximate surface area is 76.6 Å². The molecule has 0 saturated heterocycles. The molecule has 0 aromatic heterocycles. The highest BCUT2D eigenvalue weighted by molar-refractivity contribution is 8.14. The van der Waals surface area contributed by atoms with Crippen LogP contribution < -0.4 is 5.32 Å². The van der Waals surface area contributed by atoms with E-state index >= 15 is 0 Å². The molecule has 0 unspecified atom stereocenters. The average molecular weight is 215 g/mol. The molecular formula is C5H5ClF2N2OS. The molecule has 0 spiro atoms. The van der Waals surface area contributed by atoms with Gasteiger partial charge in [-0.05, 0) is 11.6 Å². The van der Waals surface area contributed by atoms with Crippen molar-refractivity contribution in [2.75, 3.05) is 12.3 Å². The van der Waals surface area contributed by atoms with Crippen molar-refractivity contribution in [3.63, 3.8) is 0 Å². The second-order valence-electron chi connectivity index (χ2n) is 1.99. The molecule has 1 aliphatic rings. The van der Waals surface area contributed by atoms with Gasteiger partial charge in [-0.2, -0.15) is 8.78 Å². The van der Waals surface area contributed by atoms with E-state index < -0.39 is 11.3 Å². The highest BCUT2D eigenvalue weighted by Gasteiger charge is 2.36. The SMILES string of the molecule is O=C(NC1=NCCS1)C(F)(F)Cl. The zero-order valence-electron chi connectivity index (χ0n) is 5.81. The fraction of sp³-hybridized carbons (Fsp3) is 0.600. The molecule has 0 radical (unpaired) electrons. The van der Waals surface area contributed by atoms with E-state index in [1.807, 2.05) is 5.32 Å². The first kappa shape index (κ1) is 9.73. The highest BCUT2D eigenvalue weighted by atomic mass is 35.5. The maximum Gasteiger partial charge on any atom is 0.400 e. The molecule has 68 valence electrons. The van der Waals surface area contributed by atoms with Crippen LogP contribution in [0.15, 0.2) is 4.99 Å². The molecule has 1 N–H and O–H groups in total. The number of hydrogen-bond donors (Lipinski definition) is 1. The standard InChI is InChI=1S/C5H5ClF2N2OS/c6-5(7,8)3(11)10-4-9-1-2-12-4/h1-2H2,(H,9,10,11). The monoisotopic (exact) mass is 214 g/mol. The van der Waals surface area contributed by atoms with Crippen LogP contribution in [0.3, 0.4) is 0 Å². The predicted octanol–water partition coefficient (Wildman–Crippen LogP) is 1.04. The summed E-state index contributed by atoms with van der Waals surface area (Å²) in [5.41, 5.74) is 0. The van der Waals surface area contributed by atoms with Crippen molar-refractivity contribution in [1.29, 1.82) is 0 Å². The van der Waals surface area contributed by atoms with E-state index in [4.69, 9.17) is 0 Å². The summed E-state index contributed by atoms with van der Waals surface area (Å²) in [6.07, 6.45) is 0. The fourth-order valence-corrected chi connectivity index (χ4v) is 1.35. The van der Waals surface area contributed by atoms with Crippen molar-refractivity contribution >= 4 is 34.4 Å². The maximum absolute atomic E-state index is 12.1. The summed E-state index contributed by atoms with van der Waals surface area (Å²) in [6.45, 7) is 0.536. The van der Waals surface area contributed by atoms with Crippen LogP contribution in [-0.2, 0) is 4.79 Å². The van der Waals surface area contributed by atoms with E-state index in [1.54, 1.807) is 0 Å². The van der Waals surface area contributed by atoms with Gasteiger partial charge in [0.15, 0.2) is 5.17 Å². The van der Waals surface area contributed by atoms with Crippen LogP contribution in [0.2, 0.25) is 0 Å². The highest BCUT2D eigenvalue weighted by Crippen LogP contribution is 2.19. The van der Waals surface area contributed by atoms with Crippen LogP contribution in [-0.4, -0.2) is 28.8 Å². The van der Waals surface area contributed by atoms with Gasteiger partial charge >= 0.3 is 11.3 Å². The molecule has 0 atom stereocenters. The zero-order valence-corrected chi connectivity index (χ0v) is 7.38. The van der Waals surface area contributed by atoms with Crippen LogP contribution in [0.4, 0.5) is 8.78 Å². The quantitative estimate of drug-likeness (QED) is 0.663. The summed E-state index contributed by atoms with van der Waals surface area (Å²) in [5.74, 6) is -0.832. The van der Waals surface area contributed by atoms with Crippen molar-refractivity contribution < 1.29 is 13.6 Å². The van der Waals surface area contributed by atoms with E-state index in [2.05, 4.69) is 16.6 Å². The summed E-state index contributed by atoms with van der Waals surface area (Å²) >= 11 is 5.67. The number of halogens is 3. The molecule has 1 heterocycles. The number of thioether (sulfide) groups is 1.